The molecule has 1 aromatic heterocycles. The average Bonchev–Trinajstić information content (AvgIpc) is 3.20. The third-order valence-electron chi connectivity index (χ3n) is 7.31. The normalized spacial score (nSPS) is 17.5. The van der Waals surface area contributed by atoms with Crippen LogP contribution in [0, 0.1) is 12.8 Å². The molecule has 5 nitrogen and oxygen atoms in total. The SMILES string of the molecule is Cc1ccc(-c2nc3c(nc2-c2ccc(Cl)cc2)N(CCCCCC2CC(=O)CC2=O)CCC3)cc1. The van der Waals surface area contributed by atoms with E-state index in [2.05, 4.69) is 36.1 Å². The van der Waals surface area contributed by atoms with Crippen LogP contribution in [0.4, 0.5) is 5.82 Å². The van der Waals surface area contributed by atoms with Gasteiger partial charge >= 0.3 is 0 Å². The van der Waals surface area contributed by atoms with E-state index in [4.69, 9.17) is 21.6 Å². The van der Waals surface area contributed by atoms with E-state index in [0.29, 0.717) is 11.4 Å². The first kappa shape index (κ1) is 24.6. The molecule has 186 valence electrons. The standard InChI is InChI=1S/C30H32ClN3O2/c1-20-8-10-21(11-9-20)28-29(22-12-14-24(31)15-13-22)33-30-26(32-28)7-5-17-34(30)16-4-2-3-6-23-18-25(35)19-27(23)36/h8-15,23H,2-7,16-19H2,1H3. The maximum atomic E-state index is 11.9. The van der Waals surface area contributed by atoms with E-state index in [1.54, 1.807) is 0 Å². The lowest BCUT2D eigenvalue weighted by Crippen LogP contribution is -2.32. The lowest BCUT2D eigenvalue weighted by molar-refractivity contribution is -0.122. The van der Waals surface area contributed by atoms with E-state index >= 15 is 0 Å². The molecule has 36 heavy (non-hydrogen) atoms. The summed E-state index contributed by atoms with van der Waals surface area (Å²) in [5, 5.41) is 0.701. The highest BCUT2D eigenvalue weighted by molar-refractivity contribution is 6.30. The second-order valence-corrected chi connectivity index (χ2v) is 10.5. The average molecular weight is 502 g/mol. The fraction of sp³-hybridized carbons (Fsp3) is 0.400. The van der Waals surface area contributed by atoms with E-state index in [9.17, 15) is 9.59 Å². The Morgan fingerprint density at radius 2 is 1.61 bits per heavy atom. The van der Waals surface area contributed by atoms with Crippen LogP contribution >= 0.6 is 11.6 Å². The molecule has 1 unspecified atom stereocenters. The fourth-order valence-corrected chi connectivity index (χ4v) is 5.42. The van der Waals surface area contributed by atoms with E-state index in [1.165, 1.54) is 5.56 Å². The minimum absolute atomic E-state index is 0.0405. The quantitative estimate of drug-likeness (QED) is 0.256. The van der Waals surface area contributed by atoms with Gasteiger partial charge in [0, 0.05) is 41.6 Å². The fourth-order valence-electron chi connectivity index (χ4n) is 5.30. The Kier molecular flexibility index (Phi) is 7.47. The molecule has 1 saturated carbocycles. The van der Waals surface area contributed by atoms with Crippen molar-refractivity contribution in [2.45, 2.75) is 58.3 Å². The summed E-state index contributed by atoms with van der Waals surface area (Å²) in [6.07, 6.45) is 6.48. The molecule has 1 atom stereocenters. The molecule has 0 spiro atoms. The summed E-state index contributed by atoms with van der Waals surface area (Å²) < 4.78 is 0. The number of unbranched alkanes of at least 4 members (excludes halogenated alkanes) is 2. The first-order valence-electron chi connectivity index (χ1n) is 13.0. The monoisotopic (exact) mass is 501 g/mol. The van der Waals surface area contributed by atoms with Gasteiger partial charge in [-0.05, 0) is 44.7 Å². The molecule has 2 aromatic carbocycles. The zero-order valence-corrected chi connectivity index (χ0v) is 21.6. The maximum Gasteiger partial charge on any atom is 0.151 e. The number of nitrogens with zero attached hydrogens (tertiary/aromatic N) is 3. The van der Waals surface area contributed by atoms with Crippen molar-refractivity contribution < 1.29 is 9.59 Å². The number of benzene rings is 2. The second-order valence-electron chi connectivity index (χ2n) is 10.1. The predicted octanol–water partition coefficient (Wildman–Crippen LogP) is 6.63. The zero-order valence-electron chi connectivity index (χ0n) is 20.8. The van der Waals surface area contributed by atoms with Gasteiger partial charge in [-0.1, -0.05) is 66.4 Å². The Morgan fingerprint density at radius 1 is 0.917 bits per heavy atom. The molecule has 2 heterocycles. The van der Waals surface area contributed by atoms with E-state index in [1.807, 2.05) is 24.3 Å². The van der Waals surface area contributed by atoms with E-state index < -0.39 is 0 Å². The number of anilines is 1. The van der Waals surface area contributed by atoms with Crippen molar-refractivity contribution in [1.82, 2.24) is 9.97 Å². The third-order valence-corrected chi connectivity index (χ3v) is 7.56. The van der Waals surface area contributed by atoms with Gasteiger partial charge in [-0.3, -0.25) is 9.59 Å². The van der Waals surface area contributed by atoms with Crippen LogP contribution in [0.2, 0.25) is 5.02 Å². The third kappa shape index (κ3) is 5.52. The molecule has 6 heteroatoms. The van der Waals surface area contributed by atoms with Gasteiger partial charge in [0.2, 0.25) is 0 Å². The maximum absolute atomic E-state index is 11.9. The molecule has 1 aliphatic carbocycles. The lowest BCUT2D eigenvalue weighted by Gasteiger charge is -2.30. The molecule has 0 amide bonds. The van der Waals surface area contributed by atoms with Gasteiger partial charge < -0.3 is 4.90 Å². The summed E-state index contributed by atoms with van der Waals surface area (Å²) in [4.78, 5) is 36.1. The van der Waals surface area contributed by atoms with Crippen LogP contribution in [0.1, 0.15) is 56.2 Å². The van der Waals surface area contributed by atoms with Gasteiger partial charge in [-0.15, -0.1) is 0 Å². The summed E-state index contributed by atoms with van der Waals surface area (Å²) in [6.45, 7) is 3.98. The van der Waals surface area contributed by atoms with Crippen LogP contribution in [-0.2, 0) is 16.0 Å². The summed E-state index contributed by atoms with van der Waals surface area (Å²) in [5.74, 6) is 1.19. The zero-order chi connectivity index (χ0) is 25.1. The number of carbonyl (C=O) groups excluding carboxylic acids is 2. The molecule has 0 radical (unpaired) electrons. The van der Waals surface area contributed by atoms with Gasteiger partial charge in [-0.2, -0.15) is 0 Å². The number of hydrogen-bond donors (Lipinski definition) is 0. The highest BCUT2D eigenvalue weighted by Gasteiger charge is 2.30. The molecule has 2 aliphatic rings. The summed E-state index contributed by atoms with van der Waals surface area (Å²) >= 11 is 6.17. The molecular formula is C30H32ClN3O2. The van der Waals surface area contributed by atoms with Crippen LogP contribution in [0.25, 0.3) is 22.5 Å². The number of rotatable bonds is 8. The van der Waals surface area contributed by atoms with Gasteiger partial charge in [0.15, 0.2) is 5.82 Å². The highest BCUT2D eigenvalue weighted by Crippen LogP contribution is 2.35. The number of aryl methyl sites for hydroxylation is 2. The molecule has 0 saturated heterocycles. The number of carbonyl (C=O) groups is 2. The Morgan fingerprint density at radius 3 is 2.31 bits per heavy atom. The van der Waals surface area contributed by atoms with Gasteiger partial charge in [-0.25, -0.2) is 9.97 Å². The van der Waals surface area contributed by atoms with Crippen molar-refractivity contribution >= 4 is 29.0 Å². The summed E-state index contributed by atoms with van der Waals surface area (Å²) in [6, 6.07) is 16.3. The molecule has 5 rings (SSSR count). The number of aromatic nitrogens is 2. The van der Waals surface area contributed by atoms with E-state index in [0.717, 1.165) is 85.6 Å². The molecule has 0 N–H and O–H groups in total. The van der Waals surface area contributed by atoms with Crippen LogP contribution < -0.4 is 4.90 Å². The topological polar surface area (TPSA) is 63.2 Å². The highest BCUT2D eigenvalue weighted by atomic mass is 35.5. The Labute approximate surface area is 217 Å². The Bertz CT molecular complexity index is 1250. The minimum Gasteiger partial charge on any atom is -0.355 e. The Hall–Kier alpha value is -3.05. The summed E-state index contributed by atoms with van der Waals surface area (Å²) in [5.41, 5.74) is 6.14. The van der Waals surface area contributed by atoms with Crippen molar-refractivity contribution in [1.29, 1.82) is 0 Å². The van der Waals surface area contributed by atoms with Crippen molar-refractivity contribution in [2.75, 3.05) is 18.0 Å². The number of halogens is 1. The number of fused-ring (bicyclic) bond motifs is 1. The van der Waals surface area contributed by atoms with Crippen LogP contribution in [0.15, 0.2) is 48.5 Å². The molecule has 1 aliphatic heterocycles. The first-order valence-corrected chi connectivity index (χ1v) is 13.4. The lowest BCUT2D eigenvalue weighted by atomic mass is 9.98. The predicted molar refractivity (Wildman–Crippen MR) is 144 cm³/mol. The van der Waals surface area contributed by atoms with Gasteiger partial charge in [0.1, 0.15) is 11.6 Å². The number of ketones is 2. The number of hydrogen-bond acceptors (Lipinski definition) is 5. The van der Waals surface area contributed by atoms with Crippen molar-refractivity contribution in [2.24, 2.45) is 5.92 Å². The van der Waals surface area contributed by atoms with E-state index in [-0.39, 0.29) is 23.9 Å². The molecule has 0 bridgehead atoms. The van der Waals surface area contributed by atoms with Gasteiger partial charge in [0.25, 0.3) is 0 Å². The van der Waals surface area contributed by atoms with Crippen molar-refractivity contribution in [3.8, 4) is 22.5 Å². The molecular weight excluding hydrogens is 470 g/mol. The van der Waals surface area contributed by atoms with Crippen LogP contribution in [0.5, 0.6) is 0 Å². The first-order chi connectivity index (χ1) is 17.5. The molecule has 3 aromatic rings. The van der Waals surface area contributed by atoms with Crippen LogP contribution in [-0.4, -0.2) is 34.6 Å². The van der Waals surface area contributed by atoms with Crippen molar-refractivity contribution in [3.63, 3.8) is 0 Å². The summed E-state index contributed by atoms with van der Waals surface area (Å²) in [7, 11) is 0. The largest absolute Gasteiger partial charge is 0.355 e. The molecule has 1 fully saturated rings. The van der Waals surface area contributed by atoms with Crippen molar-refractivity contribution in [3.05, 3.63) is 64.8 Å². The van der Waals surface area contributed by atoms with Gasteiger partial charge in [0.05, 0.1) is 23.5 Å². The Balaban J connectivity index is 1.35. The second kappa shape index (κ2) is 10.9. The van der Waals surface area contributed by atoms with Crippen LogP contribution in [0.3, 0.4) is 0 Å². The smallest absolute Gasteiger partial charge is 0.151 e. The number of Topliss-reactive ketones (excluding diaryl/α,β-unsaturated/α-hetero) is 2. The minimum atomic E-state index is -0.0405.